The monoisotopic (exact) mass is 1440 g/mol. The number of hydrogen-bond acceptors (Lipinski definition) is 15. The Morgan fingerprint density at radius 1 is 0.245 bits per heavy atom. The van der Waals surface area contributed by atoms with Crippen LogP contribution in [0.2, 0.25) is 0 Å². The Kier molecular flexibility index (Phi) is 71.9. The topological polar surface area (TPSA) is 237 Å². The van der Waals surface area contributed by atoms with E-state index >= 15 is 0 Å². The molecule has 0 aromatic rings. The molecule has 0 bridgehead atoms. The lowest BCUT2D eigenvalue weighted by Gasteiger charge is -2.21. The standard InChI is InChI=1S/C79H154O17P2/c1-5-9-13-17-20-23-26-29-32-34-36-37-39-42-45-48-51-54-58-62-66-79(84)96-75(70-90-77(82)64-60-56-52-49-46-43-41-38-35-33-30-27-24-21-18-14-10-6-2)72-94-98(87,88)92-68-73(80)67-91-97(85,86)93-71-74(69-89-76(81)63-59-55-16-12-8-4)95-78(83)65-61-57-53-50-47-44-40-31-28-25-22-19-15-11-7-3/h73-75,80H,5-72H2,1-4H3,(H,85,86)(H,87,88)/t73-,74+,75+/m0/s1. The smallest absolute Gasteiger partial charge is 0.462 e. The lowest BCUT2D eigenvalue weighted by molar-refractivity contribution is -0.161. The van der Waals surface area contributed by atoms with Crippen molar-refractivity contribution in [3.05, 3.63) is 0 Å². The van der Waals surface area contributed by atoms with E-state index < -0.39 is 97.5 Å². The van der Waals surface area contributed by atoms with Gasteiger partial charge in [0.2, 0.25) is 0 Å². The average Bonchev–Trinajstić information content (AvgIpc) is 1.10. The summed E-state index contributed by atoms with van der Waals surface area (Å²) < 4.78 is 68.4. The van der Waals surface area contributed by atoms with Crippen LogP contribution in [0, 0.1) is 0 Å². The number of carbonyl (C=O) groups excluding carboxylic acids is 4. The summed E-state index contributed by atoms with van der Waals surface area (Å²) in [5.41, 5.74) is 0. The predicted octanol–water partition coefficient (Wildman–Crippen LogP) is 23.8. The summed E-state index contributed by atoms with van der Waals surface area (Å²) >= 11 is 0. The lowest BCUT2D eigenvalue weighted by atomic mass is 10.0. The fourth-order valence-corrected chi connectivity index (χ4v) is 13.9. The number of esters is 4. The Balaban J connectivity index is 5.12. The van der Waals surface area contributed by atoms with E-state index in [4.69, 9.17) is 37.0 Å². The van der Waals surface area contributed by atoms with E-state index in [0.717, 1.165) is 96.3 Å². The minimum Gasteiger partial charge on any atom is -0.462 e. The molecule has 0 saturated carbocycles. The molecule has 0 rings (SSSR count). The summed E-state index contributed by atoms with van der Waals surface area (Å²) in [7, 11) is -9.90. The number of rotatable bonds is 80. The van der Waals surface area contributed by atoms with E-state index in [1.54, 1.807) is 0 Å². The van der Waals surface area contributed by atoms with Gasteiger partial charge in [-0.2, -0.15) is 0 Å². The van der Waals surface area contributed by atoms with E-state index in [0.29, 0.717) is 25.7 Å². The number of aliphatic hydroxyl groups is 1. The molecule has 0 aliphatic heterocycles. The first kappa shape index (κ1) is 96.1. The highest BCUT2D eigenvalue weighted by atomic mass is 31.2. The van der Waals surface area contributed by atoms with Crippen molar-refractivity contribution in [2.45, 2.75) is 444 Å². The first-order valence-electron chi connectivity index (χ1n) is 41.3. The van der Waals surface area contributed by atoms with E-state index in [1.165, 1.54) is 250 Å². The van der Waals surface area contributed by atoms with Crippen LogP contribution in [0.15, 0.2) is 0 Å². The van der Waals surface area contributed by atoms with Crippen molar-refractivity contribution in [1.29, 1.82) is 0 Å². The molecule has 0 amide bonds. The van der Waals surface area contributed by atoms with E-state index in [1.807, 2.05) is 0 Å². The molecule has 19 heteroatoms. The van der Waals surface area contributed by atoms with Gasteiger partial charge in [-0.25, -0.2) is 9.13 Å². The number of aliphatic hydroxyl groups excluding tert-OH is 1. The van der Waals surface area contributed by atoms with Gasteiger partial charge in [0.15, 0.2) is 12.2 Å². The second-order valence-corrected chi connectivity index (χ2v) is 31.4. The molecule has 0 aliphatic rings. The molecular formula is C79H154O17P2. The molecule has 582 valence electrons. The van der Waals surface area contributed by atoms with Crippen molar-refractivity contribution >= 4 is 39.5 Å². The normalized spacial score (nSPS) is 13.8. The molecule has 0 saturated heterocycles. The highest BCUT2D eigenvalue weighted by Gasteiger charge is 2.30. The molecule has 2 unspecified atom stereocenters. The van der Waals surface area contributed by atoms with Gasteiger partial charge in [-0.05, 0) is 25.7 Å². The number of phosphoric acid groups is 2. The third-order valence-electron chi connectivity index (χ3n) is 18.6. The van der Waals surface area contributed by atoms with Crippen molar-refractivity contribution in [2.24, 2.45) is 0 Å². The van der Waals surface area contributed by atoms with Crippen LogP contribution < -0.4 is 0 Å². The van der Waals surface area contributed by atoms with Gasteiger partial charge in [0.05, 0.1) is 26.4 Å². The Labute approximate surface area is 600 Å². The third kappa shape index (κ3) is 72.4. The maximum atomic E-state index is 13.1. The van der Waals surface area contributed by atoms with Crippen molar-refractivity contribution in [3.8, 4) is 0 Å². The Morgan fingerprint density at radius 2 is 0.408 bits per heavy atom. The largest absolute Gasteiger partial charge is 0.472 e. The SMILES string of the molecule is CCCCCCCCCCCCCCCCCCCCCCC(=O)O[C@H](COC(=O)CCCCCCCCCCCCCCCCCCCC)COP(=O)(O)OC[C@@H](O)COP(=O)(O)OC[C@@H](COC(=O)CCCCCCC)OC(=O)CCCCCCCCCCCCCCCCC. The Hall–Kier alpha value is -1.94. The lowest BCUT2D eigenvalue weighted by Crippen LogP contribution is -2.30. The molecule has 0 aromatic carbocycles. The van der Waals surface area contributed by atoms with Gasteiger partial charge in [-0.1, -0.05) is 374 Å². The van der Waals surface area contributed by atoms with Gasteiger partial charge in [0.25, 0.3) is 0 Å². The number of ether oxygens (including phenoxy) is 4. The summed E-state index contributed by atoms with van der Waals surface area (Å²) in [5.74, 6) is -2.12. The maximum absolute atomic E-state index is 13.1. The first-order chi connectivity index (χ1) is 47.7. The summed E-state index contributed by atoms with van der Waals surface area (Å²) in [4.78, 5) is 72.6. The van der Waals surface area contributed by atoms with Crippen LogP contribution in [-0.2, 0) is 65.4 Å². The summed E-state index contributed by atoms with van der Waals surface area (Å²) in [6.45, 7) is 4.93. The molecule has 98 heavy (non-hydrogen) atoms. The molecule has 0 heterocycles. The van der Waals surface area contributed by atoms with Gasteiger partial charge in [-0.15, -0.1) is 0 Å². The molecule has 0 spiro atoms. The predicted molar refractivity (Wildman–Crippen MR) is 400 cm³/mol. The van der Waals surface area contributed by atoms with Crippen molar-refractivity contribution < 1.29 is 80.2 Å². The van der Waals surface area contributed by atoms with Gasteiger partial charge in [0.1, 0.15) is 19.3 Å². The molecule has 0 radical (unpaired) electrons. The fourth-order valence-electron chi connectivity index (χ4n) is 12.3. The third-order valence-corrected chi connectivity index (χ3v) is 20.5. The van der Waals surface area contributed by atoms with E-state index in [-0.39, 0.29) is 25.7 Å². The second-order valence-electron chi connectivity index (χ2n) is 28.5. The Bertz CT molecular complexity index is 1860. The van der Waals surface area contributed by atoms with Gasteiger partial charge >= 0.3 is 39.5 Å². The zero-order chi connectivity index (χ0) is 71.8. The van der Waals surface area contributed by atoms with Crippen LogP contribution in [-0.4, -0.2) is 96.7 Å². The minimum absolute atomic E-state index is 0.108. The fraction of sp³-hybridized carbons (Fsp3) is 0.949. The number of unbranched alkanes of at least 4 members (excludes halogenated alkanes) is 54. The van der Waals surface area contributed by atoms with Crippen LogP contribution in [0.4, 0.5) is 0 Å². The highest BCUT2D eigenvalue weighted by Crippen LogP contribution is 2.45. The molecule has 17 nitrogen and oxygen atoms in total. The molecular weight excluding hydrogens is 1280 g/mol. The van der Waals surface area contributed by atoms with Crippen molar-refractivity contribution in [1.82, 2.24) is 0 Å². The molecule has 5 atom stereocenters. The Morgan fingerprint density at radius 3 is 0.602 bits per heavy atom. The number of hydrogen-bond donors (Lipinski definition) is 3. The van der Waals surface area contributed by atoms with Crippen molar-refractivity contribution in [2.75, 3.05) is 39.6 Å². The first-order valence-corrected chi connectivity index (χ1v) is 44.3. The van der Waals surface area contributed by atoms with Crippen LogP contribution in [0.1, 0.15) is 426 Å². The van der Waals surface area contributed by atoms with E-state index in [9.17, 15) is 43.2 Å². The number of carbonyl (C=O) groups is 4. The average molecular weight is 1440 g/mol. The summed E-state index contributed by atoms with van der Waals surface area (Å²) in [6, 6.07) is 0. The molecule has 0 fully saturated rings. The van der Waals surface area contributed by atoms with E-state index in [2.05, 4.69) is 27.7 Å². The van der Waals surface area contributed by atoms with Crippen molar-refractivity contribution in [3.63, 3.8) is 0 Å². The quantitative estimate of drug-likeness (QED) is 0.0222. The molecule has 0 aromatic heterocycles. The van der Waals surface area contributed by atoms with Crippen LogP contribution >= 0.6 is 15.6 Å². The minimum atomic E-state index is -4.96. The zero-order valence-electron chi connectivity index (χ0n) is 63.8. The van der Waals surface area contributed by atoms with Crippen LogP contribution in [0.25, 0.3) is 0 Å². The van der Waals surface area contributed by atoms with Crippen LogP contribution in [0.5, 0.6) is 0 Å². The van der Waals surface area contributed by atoms with Gasteiger partial charge in [-0.3, -0.25) is 37.3 Å². The molecule has 0 aliphatic carbocycles. The zero-order valence-corrected chi connectivity index (χ0v) is 65.6. The number of phosphoric ester groups is 2. The van der Waals surface area contributed by atoms with Gasteiger partial charge in [0, 0.05) is 25.7 Å². The molecule has 3 N–H and O–H groups in total. The second kappa shape index (κ2) is 73.4. The van der Waals surface area contributed by atoms with Gasteiger partial charge < -0.3 is 33.8 Å². The summed E-state index contributed by atoms with van der Waals surface area (Å²) in [5, 5.41) is 10.6. The highest BCUT2D eigenvalue weighted by molar-refractivity contribution is 7.47. The summed E-state index contributed by atoms with van der Waals surface area (Å²) in [6.07, 6.45) is 65.7. The van der Waals surface area contributed by atoms with Crippen LogP contribution in [0.3, 0.4) is 0 Å². The maximum Gasteiger partial charge on any atom is 0.472 e.